The minimum atomic E-state index is -0.0900. The van der Waals surface area contributed by atoms with Crippen LogP contribution in [0.3, 0.4) is 0 Å². The molecular formula is C20H18ClN3OS. The quantitative estimate of drug-likeness (QED) is 0.498. The number of aromatic amines is 1. The molecule has 1 unspecified atom stereocenters. The smallest absolute Gasteiger partial charge is 0.266 e. The molecule has 1 atom stereocenters. The van der Waals surface area contributed by atoms with Crippen molar-refractivity contribution in [2.75, 3.05) is 6.54 Å². The predicted octanol–water partition coefficient (Wildman–Crippen LogP) is 4.83. The van der Waals surface area contributed by atoms with E-state index in [1.807, 2.05) is 30.5 Å². The number of nitrogens with two attached hydrogens (primary N) is 1. The Morgan fingerprint density at radius 3 is 2.69 bits per heavy atom. The predicted molar refractivity (Wildman–Crippen MR) is 110 cm³/mol. The first-order valence-corrected chi connectivity index (χ1v) is 9.66. The maximum Gasteiger partial charge on any atom is 0.266 e. The highest BCUT2D eigenvalue weighted by atomic mass is 35.5. The monoisotopic (exact) mass is 383 g/mol. The number of hydrogen-bond donors (Lipinski definition) is 2. The number of thiophene rings is 1. The van der Waals surface area contributed by atoms with E-state index in [0.717, 1.165) is 27.4 Å². The lowest BCUT2D eigenvalue weighted by molar-refractivity contribution is 0.774. The van der Waals surface area contributed by atoms with Crippen molar-refractivity contribution in [2.24, 2.45) is 5.73 Å². The number of H-pyrrole nitrogens is 1. The number of nitrogens with zero attached hydrogens (tertiary/aromatic N) is 1. The lowest BCUT2D eigenvalue weighted by atomic mass is 9.95. The van der Waals surface area contributed by atoms with E-state index in [-0.39, 0.29) is 5.56 Å². The van der Waals surface area contributed by atoms with Gasteiger partial charge in [-0.2, -0.15) is 0 Å². The van der Waals surface area contributed by atoms with Crippen LogP contribution >= 0.6 is 22.9 Å². The molecule has 3 N–H and O–H groups in total. The second-order valence-corrected chi connectivity index (χ2v) is 7.76. The van der Waals surface area contributed by atoms with Crippen molar-refractivity contribution in [1.29, 1.82) is 0 Å². The first kappa shape index (κ1) is 17.2. The largest absolute Gasteiger partial charge is 0.330 e. The van der Waals surface area contributed by atoms with Crippen LogP contribution in [0.1, 0.15) is 24.1 Å². The molecule has 0 amide bonds. The van der Waals surface area contributed by atoms with Gasteiger partial charge in [-0.25, -0.2) is 4.98 Å². The number of rotatable bonds is 3. The topological polar surface area (TPSA) is 71.8 Å². The lowest BCUT2D eigenvalue weighted by Gasteiger charge is -2.14. The van der Waals surface area contributed by atoms with Gasteiger partial charge in [0.1, 0.15) is 9.85 Å². The van der Waals surface area contributed by atoms with Crippen molar-refractivity contribution < 1.29 is 0 Å². The number of aryl methyl sites for hydroxylation is 1. The average molecular weight is 384 g/mol. The van der Waals surface area contributed by atoms with Gasteiger partial charge in [-0.05, 0) is 42.0 Å². The molecule has 0 saturated heterocycles. The molecule has 3 aromatic heterocycles. The summed E-state index contributed by atoms with van der Waals surface area (Å²) in [6.07, 6.45) is 0. The molecule has 0 saturated carbocycles. The molecule has 26 heavy (non-hydrogen) atoms. The molecule has 0 aliphatic heterocycles. The SMILES string of the molecule is Cc1nc(Cl)c(-c2ccc(C(C)CN)cc2)c2c1[nH]c(=O)c1sccc12. The second-order valence-electron chi connectivity index (χ2n) is 6.49. The second kappa shape index (κ2) is 6.50. The maximum atomic E-state index is 12.4. The molecule has 4 aromatic rings. The molecule has 0 spiro atoms. The van der Waals surface area contributed by atoms with Crippen LogP contribution in [0.5, 0.6) is 0 Å². The summed E-state index contributed by atoms with van der Waals surface area (Å²) in [6, 6.07) is 10.2. The zero-order chi connectivity index (χ0) is 18.4. The van der Waals surface area contributed by atoms with Crippen LogP contribution in [-0.4, -0.2) is 16.5 Å². The van der Waals surface area contributed by atoms with Gasteiger partial charge in [0.15, 0.2) is 0 Å². The molecule has 4 nitrogen and oxygen atoms in total. The molecule has 1 aromatic carbocycles. The number of benzene rings is 1. The highest BCUT2D eigenvalue weighted by molar-refractivity contribution is 7.17. The van der Waals surface area contributed by atoms with Crippen molar-refractivity contribution in [3.05, 3.63) is 62.5 Å². The summed E-state index contributed by atoms with van der Waals surface area (Å²) in [5, 5.41) is 4.22. The van der Waals surface area contributed by atoms with Crippen molar-refractivity contribution in [2.45, 2.75) is 19.8 Å². The molecule has 3 heterocycles. The van der Waals surface area contributed by atoms with Crippen LogP contribution in [-0.2, 0) is 0 Å². The molecule has 132 valence electrons. The van der Waals surface area contributed by atoms with E-state index in [9.17, 15) is 4.79 Å². The van der Waals surface area contributed by atoms with Gasteiger partial charge in [-0.3, -0.25) is 4.79 Å². The fraction of sp³-hybridized carbons (Fsp3) is 0.200. The first-order chi connectivity index (χ1) is 12.5. The van der Waals surface area contributed by atoms with Crippen molar-refractivity contribution in [3.63, 3.8) is 0 Å². The minimum Gasteiger partial charge on any atom is -0.330 e. The number of fused-ring (bicyclic) bond motifs is 3. The van der Waals surface area contributed by atoms with Gasteiger partial charge < -0.3 is 10.7 Å². The molecule has 4 rings (SSSR count). The van der Waals surface area contributed by atoms with Gasteiger partial charge in [-0.15, -0.1) is 11.3 Å². The summed E-state index contributed by atoms with van der Waals surface area (Å²) < 4.78 is 0.703. The highest BCUT2D eigenvalue weighted by Gasteiger charge is 2.18. The molecule has 0 aliphatic rings. The third-order valence-corrected chi connectivity index (χ3v) is 6.02. The number of pyridine rings is 2. The van der Waals surface area contributed by atoms with Crippen LogP contribution < -0.4 is 11.3 Å². The van der Waals surface area contributed by atoms with E-state index in [1.54, 1.807) is 0 Å². The van der Waals surface area contributed by atoms with Crippen LogP contribution in [0.15, 0.2) is 40.5 Å². The van der Waals surface area contributed by atoms with Gasteiger partial charge in [0, 0.05) is 16.3 Å². The van der Waals surface area contributed by atoms with Gasteiger partial charge in [-0.1, -0.05) is 42.8 Å². The minimum absolute atomic E-state index is 0.0900. The van der Waals surface area contributed by atoms with Gasteiger partial charge in [0.2, 0.25) is 0 Å². The van der Waals surface area contributed by atoms with Gasteiger partial charge in [0.25, 0.3) is 5.56 Å². The maximum absolute atomic E-state index is 12.4. The van der Waals surface area contributed by atoms with Crippen LogP contribution in [0.2, 0.25) is 5.15 Å². The summed E-state index contributed by atoms with van der Waals surface area (Å²) in [4.78, 5) is 19.8. The Labute approximate surface area is 159 Å². The standard InChI is InChI=1S/C20H18ClN3OS/c1-10(9-22)12-3-5-13(6-4-12)15-16-14-7-8-26-18(14)20(25)24-17(16)11(2)23-19(15)21/h3-8,10H,9,22H2,1-2H3,(H,24,25). The Hall–Kier alpha value is -2.21. The fourth-order valence-corrected chi connectivity index (χ4v) is 4.45. The molecule has 0 bridgehead atoms. The molecular weight excluding hydrogens is 366 g/mol. The fourth-order valence-electron chi connectivity index (χ4n) is 3.32. The molecule has 0 aliphatic carbocycles. The number of halogens is 1. The first-order valence-electron chi connectivity index (χ1n) is 8.41. The van der Waals surface area contributed by atoms with E-state index >= 15 is 0 Å². The lowest BCUT2D eigenvalue weighted by Crippen LogP contribution is -2.08. The number of nitrogens with one attached hydrogen (secondary N) is 1. The zero-order valence-electron chi connectivity index (χ0n) is 14.5. The number of aromatic nitrogens is 2. The van der Waals surface area contributed by atoms with E-state index in [4.69, 9.17) is 17.3 Å². The van der Waals surface area contributed by atoms with E-state index in [0.29, 0.717) is 28.0 Å². The Morgan fingerprint density at radius 1 is 1.27 bits per heavy atom. The summed E-state index contributed by atoms with van der Waals surface area (Å²) >= 11 is 7.99. The Bertz CT molecular complexity index is 1180. The average Bonchev–Trinajstić information content (AvgIpc) is 3.13. The highest BCUT2D eigenvalue weighted by Crippen LogP contribution is 2.39. The third kappa shape index (κ3) is 2.63. The van der Waals surface area contributed by atoms with Crippen molar-refractivity contribution in [3.8, 4) is 11.1 Å². The molecule has 6 heteroatoms. The summed E-state index contributed by atoms with van der Waals surface area (Å²) in [7, 11) is 0. The Morgan fingerprint density at radius 2 is 2.00 bits per heavy atom. The summed E-state index contributed by atoms with van der Waals surface area (Å²) in [5.74, 6) is 0.298. The van der Waals surface area contributed by atoms with Crippen LogP contribution in [0, 0.1) is 6.92 Å². The van der Waals surface area contributed by atoms with E-state index in [1.165, 1.54) is 16.9 Å². The van der Waals surface area contributed by atoms with Crippen LogP contribution in [0.4, 0.5) is 0 Å². The summed E-state index contributed by atoms with van der Waals surface area (Å²) in [6.45, 7) is 4.56. The Balaban J connectivity index is 2.06. The van der Waals surface area contributed by atoms with Crippen molar-refractivity contribution >= 4 is 43.9 Å². The molecule has 0 radical (unpaired) electrons. The van der Waals surface area contributed by atoms with E-state index < -0.39 is 0 Å². The normalized spacial score (nSPS) is 12.8. The zero-order valence-corrected chi connectivity index (χ0v) is 16.0. The molecule has 0 fully saturated rings. The van der Waals surface area contributed by atoms with Crippen LogP contribution in [0.25, 0.3) is 32.1 Å². The Kier molecular flexibility index (Phi) is 4.31. The van der Waals surface area contributed by atoms with E-state index in [2.05, 4.69) is 29.0 Å². The summed E-state index contributed by atoms with van der Waals surface area (Å²) in [5.41, 5.74) is 10.1. The van der Waals surface area contributed by atoms with Gasteiger partial charge >= 0.3 is 0 Å². The number of hydrogen-bond acceptors (Lipinski definition) is 4. The third-order valence-electron chi connectivity index (χ3n) is 4.84. The van der Waals surface area contributed by atoms with Crippen molar-refractivity contribution in [1.82, 2.24) is 9.97 Å². The van der Waals surface area contributed by atoms with Gasteiger partial charge in [0.05, 0.1) is 11.2 Å².